The monoisotopic (exact) mass is 359 g/mol. The maximum Gasteiger partial charge on any atom is 0.277 e. The Labute approximate surface area is 148 Å². The normalized spacial score (nSPS) is 10.2. The summed E-state index contributed by atoms with van der Waals surface area (Å²) in [6, 6.07) is 6.18. The lowest BCUT2D eigenvalue weighted by molar-refractivity contribution is -0.385. The largest absolute Gasteiger partial charge is 0.494 e. The number of hydrogen-bond acceptors (Lipinski definition) is 5. The van der Waals surface area contributed by atoms with Gasteiger partial charge < -0.3 is 5.11 Å². The van der Waals surface area contributed by atoms with Crippen LogP contribution in [-0.4, -0.2) is 19.2 Å². The number of hydrogen-bond donors (Lipinski definition) is 1. The molecule has 0 saturated heterocycles. The van der Waals surface area contributed by atoms with E-state index >= 15 is 0 Å². The van der Waals surface area contributed by atoms with Crippen LogP contribution in [0.5, 0.6) is 5.88 Å². The molecule has 1 aromatic heterocycles. The fourth-order valence-corrected chi connectivity index (χ4v) is 2.82. The number of aromatic hydroxyl groups is 1. The molecule has 0 radical (unpaired) electrons. The molecule has 0 saturated carbocycles. The highest BCUT2D eigenvalue weighted by atomic mass is 32.1. The van der Waals surface area contributed by atoms with E-state index < -0.39 is 10.5 Å². The van der Waals surface area contributed by atoms with Crippen LogP contribution in [0.4, 0.5) is 5.69 Å². The molecule has 0 aliphatic carbocycles. The molecule has 1 N–H and O–H groups in total. The van der Waals surface area contributed by atoms with Crippen molar-refractivity contribution in [3.8, 4) is 5.88 Å². The Morgan fingerprint density at radius 1 is 1.24 bits per heavy atom. The first-order chi connectivity index (χ1) is 11.9. The second-order valence-electron chi connectivity index (χ2n) is 5.08. The van der Waals surface area contributed by atoms with Crippen molar-refractivity contribution < 1.29 is 10.0 Å². The smallest absolute Gasteiger partial charge is 0.277 e. The Morgan fingerprint density at radius 2 is 1.88 bits per heavy atom. The SMILES string of the molecule is CCn1c(O)c(C=C=Cc2ccccc2[N+](=O)[O-])c(=O)n(CC)c1=S. The van der Waals surface area contributed by atoms with Gasteiger partial charge in [0, 0.05) is 19.2 Å². The van der Waals surface area contributed by atoms with Gasteiger partial charge in [0.05, 0.1) is 10.5 Å². The molecule has 130 valence electrons. The van der Waals surface area contributed by atoms with Crippen molar-refractivity contribution in [2.45, 2.75) is 26.9 Å². The van der Waals surface area contributed by atoms with Crippen LogP contribution in [0, 0.1) is 14.9 Å². The van der Waals surface area contributed by atoms with Gasteiger partial charge in [-0.15, -0.1) is 5.73 Å². The van der Waals surface area contributed by atoms with Crippen LogP contribution in [0.3, 0.4) is 0 Å². The number of aromatic nitrogens is 2. The molecule has 2 rings (SSSR count). The van der Waals surface area contributed by atoms with Gasteiger partial charge in [-0.2, -0.15) is 0 Å². The predicted molar refractivity (Wildman–Crippen MR) is 98.1 cm³/mol. The standard InChI is InChI=1S/C17H17N3O4S/c1-3-18-15(21)13(16(22)19(4-2)17(18)25)10-7-9-12-8-5-6-11-14(12)20(23)24/h5-6,8-11,21H,3-4H2,1-2H3. The Bertz CT molecular complexity index is 998. The lowest BCUT2D eigenvalue weighted by atomic mass is 10.1. The summed E-state index contributed by atoms with van der Waals surface area (Å²) >= 11 is 5.21. The van der Waals surface area contributed by atoms with Gasteiger partial charge in [-0.3, -0.25) is 24.0 Å². The Morgan fingerprint density at radius 3 is 2.48 bits per heavy atom. The maximum absolute atomic E-state index is 12.5. The molecular weight excluding hydrogens is 342 g/mol. The number of benzene rings is 1. The maximum atomic E-state index is 12.5. The van der Waals surface area contributed by atoms with Crippen molar-refractivity contribution in [3.63, 3.8) is 0 Å². The highest BCUT2D eigenvalue weighted by molar-refractivity contribution is 7.71. The average molecular weight is 359 g/mol. The summed E-state index contributed by atoms with van der Waals surface area (Å²) in [5.74, 6) is -0.245. The van der Waals surface area contributed by atoms with E-state index in [2.05, 4.69) is 5.73 Å². The number of nitro benzene ring substituents is 1. The van der Waals surface area contributed by atoms with E-state index in [4.69, 9.17) is 12.2 Å². The Kier molecular flexibility index (Phi) is 5.69. The number of nitro groups is 1. The molecule has 8 heteroatoms. The Balaban J connectivity index is 2.62. The highest BCUT2D eigenvalue weighted by Crippen LogP contribution is 2.19. The van der Waals surface area contributed by atoms with Gasteiger partial charge in [0.15, 0.2) is 4.77 Å². The summed E-state index contributed by atoms with van der Waals surface area (Å²) in [7, 11) is 0. The average Bonchev–Trinajstić information content (AvgIpc) is 2.59. The van der Waals surface area contributed by atoms with E-state index in [0.717, 1.165) is 0 Å². The van der Waals surface area contributed by atoms with E-state index in [1.165, 1.54) is 27.4 Å². The van der Waals surface area contributed by atoms with E-state index in [-0.39, 0.29) is 21.9 Å². The van der Waals surface area contributed by atoms with E-state index in [1.54, 1.807) is 32.0 Å². The minimum absolute atomic E-state index is 0.0344. The van der Waals surface area contributed by atoms with Crippen LogP contribution in [0.2, 0.25) is 0 Å². The summed E-state index contributed by atoms with van der Waals surface area (Å²) in [5.41, 5.74) is 2.63. The van der Waals surface area contributed by atoms with Gasteiger partial charge in [-0.25, -0.2) is 0 Å². The van der Waals surface area contributed by atoms with Crippen molar-refractivity contribution >= 4 is 30.1 Å². The molecule has 1 aromatic carbocycles. The third-order valence-corrected chi connectivity index (χ3v) is 4.11. The summed E-state index contributed by atoms with van der Waals surface area (Å²) in [4.78, 5) is 23.0. The topological polar surface area (TPSA) is 90.3 Å². The second kappa shape index (κ2) is 7.74. The molecule has 0 fully saturated rings. The third kappa shape index (κ3) is 3.60. The van der Waals surface area contributed by atoms with Gasteiger partial charge in [0.2, 0.25) is 5.88 Å². The first kappa shape index (κ1) is 18.4. The van der Waals surface area contributed by atoms with E-state index in [1.807, 2.05) is 0 Å². The molecule has 0 amide bonds. The summed E-state index contributed by atoms with van der Waals surface area (Å²) in [5, 5.41) is 21.3. The number of nitrogens with zero attached hydrogens (tertiary/aromatic N) is 3. The molecule has 7 nitrogen and oxygen atoms in total. The third-order valence-electron chi connectivity index (χ3n) is 3.67. The molecule has 2 aromatic rings. The summed E-state index contributed by atoms with van der Waals surface area (Å²) in [6.07, 6.45) is 2.70. The van der Waals surface area contributed by atoms with Crippen molar-refractivity contribution in [1.82, 2.24) is 9.13 Å². The van der Waals surface area contributed by atoms with Crippen LogP contribution in [0.1, 0.15) is 25.0 Å². The van der Waals surface area contributed by atoms with Crippen LogP contribution in [0.25, 0.3) is 12.2 Å². The number of rotatable bonds is 5. The van der Waals surface area contributed by atoms with Crippen molar-refractivity contribution in [2.75, 3.05) is 0 Å². The molecule has 25 heavy (non-hydrogen) atoms. The molecule has 0 atom stereocenters. The van der Waals surface area contributed by atoms with Gasteiger partial charge >= 0.3 is 0 Å². The van der Waals surface area contributed by atoms with Gasteiger partial charge in [-0.1, -0.05) is 12.1 Å². The molecule has 0 unspecified atom stereocenters. The molecule has 0 spiro atoms. The lowest BCUT2D eigenvalue weighted by Crippen LogP contribution is -2.26. The van der Waals surface area contributed by atoms with Crippen LogP contribution in [0.15, 0.2) is 34.8 Å². The molecule has 1 heterocycles. The fourth-order valence-electron chi connectivity index (χ4n) is 2.39. The minimum atomic E-state index is -0.494. The summed E-state index contributed by atoms with van der Waals surface area (Å²) in [6.45, 7) is 4.36. The first-order valence-corrected chi connectivity index (χ1v) is 8.05. The van der Waals surface area contributed by atoms with Crippen LogP contribution < -0.4 is 5.56 Å². The van der Waals surface area contributed by atoms with E-state index in [9.17, 15) is 20.0 Å². The van der Waals surface area contributed by atoms with Crippen LogP contribution in [-0.2, 0) is 13.1 Å². The zero-order chi connectivity index (χ0) is 18.6. The zero-order valence-corrected chi connectivity index (χ0v) is 14.6. The minimum Gasteiger partial charge on any atom is -0.494 e. The van der Waals surface area contributed by atoms with Crippen molar-refractivity contribution in [3.05, 3.63) is 66.4 Å². The molecule has 0 bridgehead atoms. The summed E-state index contributed by atoms with van der Waals surface area (Å²) < 4.78 is 3.06. The molecular formula is C17H17N3O4S. The zero-order valence-electron chi connectivity index (χ0n) is 13.8. The van der Waals surface area contributed by atoms with Gasteiger partial charge in [0.1, 0.15) is 5.56 Å². The quantitative estimate of drug-likeness (QED) is 0.383. The van der Waals surface area contributed by atoms with E-state index in [0.29, 0.717) is 18.7 Å². The predicted octanol–water partition coefficient (Wildman–Crippen LogP) is 3.36. The first-order valence-electron chi connectivity index (χ1n) is 7.64. The fraction of sp³-hybridized carbons (Fsp3) is 0.235. The number of para-hydroxylation sites is 1. The van der Waals surface area contributed by atoms with Gasteiger partial charge in [0.25, 0.3) is 11.2 Å². The van der Waals surface area contributed by atoms with Crippen LogP contribution >= 0.6 is 12.2 Å². The van der Waals surface area contributed by atoms with Gasteiger partial charge in [-0.05, 0) is 44.3 Å². The second-order valence-corrected chi connectivity index (χ2v) is 5.45. The highest BCUT2D eigenvalue weighted by Gasteiger charge is 2.13. The molecule has 0 aliphatic heterocycles. The van der Waals surface area contributed by atoms with Crippen molar-refractivity contribution in [1.29, 1.82) is 0 Å². The van der Waals surface area contributed by atoms with Crippen molar-refractivity contribution in [2.24, 2.45) is 0 Å². The molecule has 0 aliphatic rings. The Hall–Kier alpha value is -2.96. The lowest BCUT2D eigenvalue weighted by Gasteiger charge is -2.13.